The van der Waals surface area contributed by atoms with Crippen LogP contribution in [0.25, 0.3) is 0 Å². The van der Waals surface area contributed by atoms with Gasteiger partial charge in [-0.3, -0.25) is 4.79 Å². The highest BCUT2D eigenvalue weighted by molar-refractivity contribution is 5.70. The summed E-state index contributed by atoms with van der Waals surface area (Å²) in [7, 11) is 1.35. The number of hydrogen-bond donors (Lipinski definition) is 1. The number of methoxy groups -OCH3 is 1. The maximum atomic E-state index is 11.4. The first-order valence-electron chi connectivity index (χ1n) is 7.90. The molecule has 2 rings (SSSR count). The van der Waals surface area contributed by atoms with Crippen LogP contribution in [0.1, 0.15) is 30.5 Å². The minimum Gasteiger partial charge on any atom is -0.490 e. The van der Waals surface area contributed by atoms with Crippen molar-refractivity contribution in [1.29, 1.82) is 0 Å². The molecule has 0 spiro atoms. The first-order chi connectivity index (χ1) is 11.6. The Morgan fingerprint density at radius 2 is 1.83 bits per heavy atom. The lowest BCUT2D eigenvalue weighted by Gasteiger charge is -2.16. The fourth-order valence-electron chi connectivity index (χ4n) is 2.26. The van der Waals surface area contributed by atoms with Crippen LogP contribution in [-0.4, -0.2) is 19.7 Å². The maximum absolute atomic E-state index is 11.4. The molecule has 0 fully saturated rings. The van der Waals surface area contributed by atoms with Gasteiger partial charge in [-0.1, -0.05) is 36.4 Å². The molecular formula is C19H23NO4. The zero-order chi connectivity index (χ0) is 17.4. The lowest BCUT2D eigenvalue weighted by atomic mass is 10.0. The molecule has 0 amide bonds. The summed E-state index contributed by atoms with van der Waals surface area (Å²) in [6, 6.07) is 14.9. The number of benzene rings is 2. The monoisotopic (exact) mass is 329 g/mol. The molecule has 0 saturated carbocycles. The molecule has 0 aromatic heterocycles. The Morgan fingerprint density at radius 1 is 1.08 bits per heavy atom. The molecule has 128 valence electrons. The SMILES string of the molecule is CCOc1cc([C@@H](N)CC(=O)OC)ccc1OCc1ccccc1. The minimum atomic E-state index is -0.445. The summed E-state index contributed by atoms with van der Waals surface area (Å²) in [4.78, 5) is 11.4. The molecule has 24 heavy (non-hydrogen) atoms. The zero-order valence-electron chi connectivity index (χ0n) is 14.0. The van der Waals surface area contributed by atoms with E-state index >= 15 is 0 Å². The lowest BCUT2D eigenvalue weighted by Crippen LogP contribution is -2.16. The van der Waals surface area contributed by atoms with Gasteiger partial charge >= 0.3 is 5.97 Å². The Hall–Kier alpha value is -2.53. The number of carbonyl (C=O) groups excluding carboxylic acids is 1. The second kappa shape index (κ2) is 8.93. The molecule has 0 heterocycles. The van der Waals surface area contributed by atoms with E-state index in [1.54, 1.807) is 0 Å². The number of carbonyl (C=O) groups is 1. The molecule has 5 nitrogen and oxygen atoms in total. The zero-order valence-corrected chi connectivity index (χ0v) is 14.0. The standard InChI is InChI=1S/C19H23NO4/c1-3-23-18-11-15(16(20)12-19(21)22-2)9-10-17(18)24-13-14-7-5-4-6-8-14/h4-11,16H,3,12-13,20H2,1-2H3/t16-/m0/s1. The molecule has 0 radical (unpaired) electrons. The van der Waals surface area contributed by atoms with Gasteiger partial charge in [-0.05, 0) is 30.2 Å². The van der Waals surface area contributed by atoms with Crippen molar-refractivity contribution in [3.63, 3.8) is 0 Å². The number of esters is 1. The smallest absolute Gasteiger partial charge is 0.307 e. The summed E-state index contributed by atoms with van der Waals surface area (Å²) < 4.78 is 16.2. The molecule has 5 heteroatoms. The lowest BCUT2D eigenvalue weighted by molar-refractivity contribution is -0.141. The van der Waals surface area contributed by atoms with E-state index in [4.69, 9.17) is 15.2 Å². The van der Waals surface area contributed by atoms with Crippen molar-refractivity contribution in [2.45, 2.75) is 26.0 Å². The van der Waals surface area contributed by atoms with E-state index in [-0.39, 0.29) is 12.4 Å². The highest BCUT2D eigenvalue weighted by Gasteiger charge is 2.15. The van der Waals surface area contributed by atoms with Crippen molar-refractivity contribution >= 4 is 5.97 Å². The van der Waals surface area contributed by atoms with E-state index in [1.807, 2.05) is 55.5 Å². The Labute approximate surface area is 142 Å². The summed E-state index contributed by atoms with van der Waals surface area (Å²) in [5.41, 5.74) is 7.93. The third-order valence-corrected chi connectivity index (χ3v) is 3.55. The van der Waals surface area contributed by atoms with Gasteiger partial charge in [0.1, 0.15) is 6.61 Å². The summed E-state index contributed by atoms with van der Waals surface area (Å²) in [6.07, 6.45) is 0.117. The van der Waals surface area contributed by atoms with Crippen LogP contribution in [0.5, 0.6) is 11.5 Å². The van der Waals surface area contributed by atoms with Crippen LogP contribution >= 0.6 is 0 Å². The normalized spacial score (nSPS) is 11.6. The van der Waals surface area contributed by atoms with Gasteiger partial charge in [0, 0.05) is 6.04 Å². The largest absolute Gasteiger partial charge is 0.490 e. The number of hydrogen-bond acceptors (Lipinski definition) is 5. The van der Waals surface area contributed by atoms with Crippen LogP contribution in [0.2, 0.25) is 0 Å². The number of rotatable bonds is 8. The van der Waals surface area contributed by atoms with Gasteiger partial charge in [-0.15, -0.1) is 0 Å². The molecule has 2 N–H and O–H groups in total. The topological polar surface area (TPSA) is 70.8 Å². The summed E-state index contributed by atoms with van der Waals surface area (Å²) in [5.74, 6) is 0.922. The molecule has 0 saturated heterocycles. The molecule has 0 aliphatic rings. The van der Waals surface area contributed by atoms with Gasteiger partial charge in [-0.2, -0.15) is 0 Å². The highest BCUT2D eigenvalue weighted by atomic mass is 16.5. The molecule has 2 aromatic carbocycles. The molecule has 0 aliphatic carbocycles. The van der Waals surface area contributed by atoms with E-state index in [0.29, 0.717) is 24.7 Å². The van der Waals surface area contributed by atoms with Crippen LogP contribution in [0.3, 0.4) is 0 Å². The first kappa shape index (κ1) is 17.8. The van der Waals surface area contributed by atoms with Crippen molar-refractivity contribution in [2.75, 3.05) is 13.7 Å². The van der Waals surface area contributed by atoms with Crippen LogP contribution in [0.4, 0.5) is 0 Å². The summed E-state index contributed by atoms with van der Waals surface area (Å²) in [6.45, 7) is 2.87. The first-order valence-corrected chi connectivity index (χ1v) is 7.90. The fourth-order valence-corrected chi connectivity index (χ4v) is 2.26. The van der Waals surface area contributed by atoms with Gasteiger partial charge < -0.3 is 19.9 Å². The molecule has 0 unspecified atom stereocenters. The quantitative estimate of drug-likeness (QED) is 0.753. The second-order valence-corrected chi connectivity index (χ2v) is 5.30. The fraction of sp³-hybridized carbons (Fsp3) is 0.316. The van der Waals surface area contributed by atoms with Crippen LogP contribution < -0.4 is 15.2 Å². The molecule has 1 atom stereocenters. The Balaban J connectivity index is 2.12. The third-order valence-electron chi connectivity index (χ3n) is 3.55. The third kappa shape index (κ3) is 4.99. The number of ether oxygens (including phenoxy) is 3. The van der Waals surface area contributed by atoms with Crippen molar-refractivity contribution in [1.82, 2.24) is 0 Å². The van der Waals surface area contributed by atoms with E-state index in [0.717, 1.165) is 11.1 Å². The van der Waals surface area contributed by atoms with E-state index in [2.05, 4.69) is 4.74 Å². The van der Waals surface area contributed by atoms with Crippen molar-refractivity contribution in [2.24, 2.45) is 5.73 Å². The highest BCUT2D eigenvalue weighted by Crippen LogP contribution is 2.31. The second-order valence-electron chi connectivity index (χ2n) is 5.30. The van der Waals surface area contributed by atoms with Gasteiger partial charge in [0.15, 0.2) is 11.5 Å². The molecule has 0 bridgehead atoms. The predicted molar refractivity (Wildman–Crippen MR) is 91.9 cm³/mol. The van der Waals surface area contributed by atoms with Gasteiger partial charge in [0.2, 0.25) is 0 Å². The van der Waals surface area contributed by atoms with Gasteiger partial charge in [0.05, 0.1) is 20.1 Å². The van der Waals surface area contributed by atoms with Gasteiger partial charge in [0.25, 0.3) is 0 Å². The van der Waals surface area contributed by atoms with Crippen molar-refractivity contribution < 1.29 is 19.0 Å². The van der Waals surface area contributed by atoms with Crippen LogP contribution in [-0.2, 0) is 16.1 Å². The van der Waals surface area contributed by atoms with Crippen LogP contribution in [0, 0.1) is 0 Å². The average Bonchev–Trinajstić information content (AvgIpc) is 2.61. The summed E-state index contributed by atoms with van der Waals surface area (Å²) >= 11 is 0. The predicted octanol–water partition coefficient (Wildman–Crippen LogP) is 3.23. The molecule has 0 aliphatic heterocycles. The van der Waals surface area contributed by atoms with E-state index in [9.17, 15) is 4.79 Å². The molecule has 2 aromatic rings. The van der Waals surface area contributed by atoms with E-state index in [1.165, 1.54) is 7.11 Å². The maximum Gasteiger partial charge on any atom is 0.307 e. The summed E-state index contributed by atoms with van der Waals surface area (Å²) in [5, 5.41) is 0. The van der Waals surface area contributed by atoms with E-state index < -0.39 is 6.04 Å². The Bertz CT molecular complexity index is 658. The Kier molecular flexibility index (Phi) is 6.63. The Morgan fingerprint density at radius 3 is 2.50 bits per heavy atom. The van der Waals surface area contributed by atoms with Gasteiger partial charge in [-0.25, -0.2) is 0 Å². The van der Waals surface area contributed by atoms with Crippen molar-refractivity contribution in [3.8, 4) is 11.5 Å². The minimum absolute atomic E-state index is 0.117. The number of nitrogens with two attached hydrogens (primary N) is 1. The van der Waals surface area contributed by atoms with Crippen molar-refractivity contribution in [3.05, 3.63) is 59.7 Å². The average molecular weight is 329 g/mol. The molecular weight excluding hydrogens is 306 g/mol. The van der Waals surface area contributed by atoms with Crippen LogP contribution in [0.15, 0.2) is 48.5 Å².